The molecular weight excluding hydrogens is 375 g/mol. The fourth-order valence-corrected chi connectivity index (χ4v) is 3.42. The molecule has 0 radical (unpaired) electrons. The molecule has 2 aromatic heterocycles. The van der Waals surface area contributed by atoms with E-state index >= 15 is 0 Å². The molecule has 2 aromatic rings. The van der Waals surface area contributed by atoms with E-state index in [0.717, 1.165) is 37.5 Å². The van der Waals surface area contributed by atoms with Crippen molar-refractivity contribution in [1.29, 1.82) is 0 Å². The third kappa shape index (κ3) is 4.13. The van der Waals surface area contributed by atoms with Crippen LogP contribution in [-0.4, -0.2) is 40.6 Å². The second-order valence-electron chi connectivity index (χ2n) is 7.31. The first kappa shape index (κ1) is 18.8. The smallest absolute Gasteiger partial charge is 0.421 e. The van der Waals surface area contributed by atoms with Gasteiger partial charge in [0.05, 0.1) is 6.61 Å². The summed E-state index contributed by atoms with van der Waals surface area (Å²) in [5.74, 6) is 0.404. The highest BCUT2D eigenvalue weighted by Gasteiger charge is 2.36. The molecule has 150 valence electrons. The first-order valence-corrected chi connectivity index (χ1v) is 9.32. The molecule has 1 aliphatic carbocycles. The molecule has 28 heavy (non-hydrogen) atoms. The van der Waals surface area contributed by atoms with Gasteiger partial charge in [0.15, 0.2) is 5.69 Å². The zero-order chi connectivity index (χ0) is 19.7. The number of alkyl halides is 3. The summed E-state index contributed by atoms with van der Waals surface area (Å²) in [5.41, 5.74) is -0.610. The summed E-state index contributed by atoms with van der Waals surface area (Å²) < 4.78 is 49.8. The van der Waals surface area contributed by atoms with Crippen LogP contribution in [0.25, 0.3) is 0 Å². The Kier molecular flexibility index (Phi) is 4.99. The number of rotatable bonds is 5. The Morgan fingerprint density at radius 1 is 1.32 bits per heavy atom. The van der Waals surface area contributed by atoms with Crippen molar-refractivity contribution >= 4 is 5.91 Å². The minimum absolute atomic E-state index is 0.0655. The second-order valence-corrected chi connectivity index (χ2v) is 7.31. The molecule has 1 unspecified atom stereocenters. The van der Waals surface area contributed by atoms with Gasteiger partial charge in [-0.05, 0) is 37.8 Å². The summed E-state index contributed by atoms with van der Waals surface area (Å²) in [5, 5.41) is 3.88. The first-order chi connectivity index (χ1) is 13.4. The fraction of sp³-hybridized carbons (Fsp3) is 0.526. The summed E-state index contributed by atoms with van der Waals surface area (Å²) in [6, 6.07) is 3.87. The molecule has 9 heteroatoms. The van der Waals surface area contributed by atoms with Gasteiger partial charge in [0, 0.05) is 37.2 Å². The van der Waals surface area contributed by atoms with Gasteiger partial charge >= 0.3 is 6.18 Å². The zero-order valence-corrected chi connectivity index (χ0v) is 15.1. The Balaban J connectivity index is 1.37. The SMILES string of the molecule is O=C(c1cc(C2CC2)on1)N1CCCC(COc2ncccc2C(F)(F)F)C1. The number of hydrogen-bond donors (Lipinski definition) is 0. The molecule has 0 bridgehead atoms. The number of carbonyl (C=O) groups excluding carboxylic acids is 1. The van der Waals surface area contributed by atoms with Gasteiger partial charge < -0.3 is 14.2 Å². The molecule has 0 N–H and O–H groups in total. The summed E-state index contributed by atoms with van der Waals surface area (Å²) in [6.45, 7) is 1.05. The van der Waals surface area contributed by atoms with Crippen LogP contribution in [-0.2, 0) is 6.18 Å². The van der Waals surface area contributed by atoms with Gasteiger partial charge in [-0.25, -0.2) is 4.98 Å². The number of ether oxygens (including phenoxy) is 1. The lowest BCUT2D eigenvalue weighted by Gasteiger charge is -2.32. The minimum Gasteiger partial charge on any atom is -0.477 e. The average Bonchev–Trinajstić information content (AvgIpc) is 3.42. The predicted octanol–water partition coefficient (Wildman–Crippen LogP) is 3.90. The Bertz CT molecular complexity index is 848. The Hall–Kier alpha value is -2.58. The highest BCUT2D eigenvalue weighted by Crippen LogP contribution is 2.40. The van der Waals surface area contributed by atoms with Crippen molar-refractivity contribution in [2.45, 2.75) is 37.8 Å². The summed E-state index contributed by atoms with van der Waals surface area (Å²) in [6.07, 6.45) is 0.373. The largest absolute Gasteiger partial charge is 0.477 e. The summed E-state index contributed by atoms with van der Waals surface area (Å²) in [7, 11) is 0. The molecule has 1 atom stereocenters. The van der Waals surface area contributed by atoms with Crippen LogP contribution in [0.4, 0.5) is 13.2 Å². The summed E-state index contributed by atoms with van der Waals surface area (Å²) in [4.78, 5) is 18.0. The van der Waals surface area contributed by atoms with Gasteiger partial charge in [0.1, 0.15) is 11.3 Å². The van der Waals surface area contributed by atoms with Crippen molar-refractivity contribution < 1.29 is 27.2 Å². The van der Waals surface area contributed by atoms with Gasteiger partial charge in [-0.1, -0.05) is 5.16 Å². The molecule has 3 heterocycles. The van der Waals surface area contributed by atoms with Crippen LogP contribution in [0.3, 0.4) is 0 Å². The molecule has 1 aliphatic heterocycles. The van der Waals surface area contributed by atoms with E-state index in [9.17, 15) is 18.0 Å². The predicted molar refractivity (Wildman–Crippen MR) is 91.8 cm³/mol. The molecule has 2 aliphatic rings. The third-order valence-corrected chi connectivity index (χ3v) is 5.07. The van der Waals surface area contributed by atoms with E-state index in [4.69, 9.17) is 9.26 Å². The number of pyridine rings is 1. The Morgan fingerprint density at radius 3 is 2.89 bits per heavy atom. The van der Waals surface area contributed by atoms with Gasteiger partial charge in [-0.3, -0.25) is 4.79 Å². The average molecular weight is 395 g/mol. The highest BCUT2D eigenvalue weighted by molar-refractivity contribution is 5.92. The first-order valence-electron chi connectivity index (χ1n) is 9.32. The molecule has 0 spiro atoms. The van der Waals surface area contributed by atoms with E-state index < -0.39 is 17.6 Å². The van der Waals surface area contributed by atoms with Gasteiger partial charge in [0.25, 0.3) is 5.91 Å². The quantitative estimate of drug-likeness (QED) is 0.768. The summed E-state index contributed by atoms with van der Waals surface area (Å²) >= 11 is 0. The van der Waals surface area contributed by atoms with E-state index in [1.54, 1.807) is 11.0 Å². The van der Waals surface area contributed by atoms with Crippen LogP contribution in [0.2, 0.25) is 0 Å². The molecular formula is C19H20F3N3O3. The van der Waals surface area contributed by atoms with E-state index in [1.807, 2.05) is 0 Å². The minimum atomic E-state index is -4.52. The standard InChI is InChI=1S/C19H20F3N3O3/c20-19(21,22)14-4-1-7-23-17(14)27-11-12-3-2-8-25(10-12)18(26)15-9-16(28-24-15)13-5-6-13/h1,4,7,9,12-13H,2-3,5-6,8,10-11H2. The lowest BCUT2D eigenvalue weighted by atomic mass is 9.98. The lowest BCUT2D eigenvalue weighted by molar-refractivity contribution is -0.139. The van der Waals surface area contributed by atoms with E-state index in [1.165, 1.54) is 12.3 Å². The fourth-order valence-electron chi connectivity index (χ4n) is 3.42. The number of amides is 1. The van der Waals surface area contributed by atoms with Crippen molar-refractivity contribution in [3.05, 3.63) is 41.4 Å². The topological polar surface area (TPSA) is 68.5 Å². The molecule has 4 rings (SSSR count). The van der Waals surface area contributed by atoms with E-state index in [2.05, 4.69) is 10.1 Å². The number of likely N-dealkylation sites (tertiary alicyclic amines) is 1. The maximum atomic E-state index is 13.0. The van der Waals surface area contributed by atoms with Gasteiger partial charge in [0.2, 0.25) is 5.88 Å². The normalized spacial score (nSPS) is 20.2. The molecule has 6 nitrogen and oxygen atoms in total. The number of piperidine rings is 1. The molecule has 1 saturated heterocycles. The highest BCUT2D eigenvalue weighted by atomic mass is 19.4. The Labute approximate surface area is 159 Å². The van der Waals surface area contributed by atoms with Crippen LogP contribution in [0.5, 0.6) is 5.88 Å². The van der Waals surface area contributed by atoms with Crippen LogP contribution >= 0.6 is 0 Å². The maximum absolute atomic E-state index is 13.0. The molecule has 2 fully saturated rings. The van der Waals surface area contributed by atoms with E-state index in [0.29, 0.717) is 19.0 Å². The van der Waals surface area contributed by atoms with Crippen molar-refractivity contribution in [2.75, 3.05) is 19.7 Å². The number of halogens is 3. The van der Waals surface area contributed by atoms with E-state index in [-0.39, 0.29) is 24.1 Å². The van der Waals surface area contributed by atoms with Crippen molar-refractivity contribution in [3.8, 4) is 5.88 Å². The molecule has 0 aromatic carbocycles. The van der Waals surface area contributed by atoms with Crippen molar-refractivity contribution in [3.63, 3.8) is 0 Å². The Morgan fingerprint density at radius 2 is 2.14 bits per heavy atom. The monoisotopic (exact) mass is 395 g/mol. The van der Waals surface area contributed by atoms with Crippen LogP contribution in [0.15, 0.2) is 28.9 Å². The maximum Gasteiger partial charge on any atom is 0.421 e. The van der Waals surface area contributed by atoms with Crippen LogP contribution in [0, 0.1) is 5.92 Å². The zero-order valence-electron chi connectivity index (χ0n) is 15.1. The van der Waals surface area contributed by atoms with Gasteiger partial charge in [-0.2, -0.15) is 13.2 Å². The third-order valence-electron chi connectivity index (χ3n) is 5.07. The molecule has 1 amide bonds. The second kappa shape index (κ2) is 7.44. The van der Waals surface area contributed by atoms with Crippen LogP contribution < -0.4 is 4.74 Å². The number of carbonyl (C=O) groups is 1. The number of nitrogens with zero attached hydrogens (tertiary/aromatic N) is 3. The number of hydrogen-bond acceptors (Lipinski definition) is 5. The van der Waals surface area contributed by atoms with Crippen LogP contribution in [0.1, 0.15) is 53.4 Å². The van der Waals surface area contributed by atoms with Crippen molar-refractivity contribution in [1.82, 2.24) is 15.0 Å². The van der Waals surface area contributed by atoms with Crippen molar-refractivity contribution in [2.24, 2.45) is 5.92 Å². The van der Waals surface area contributed by atoms with Gasteiger partial charge in [-0.15, -0.1) is 0 Å². The lowest BCUT2D eigenvalue weighted by Crippen LogP contribution is -2.41. The molecule has 1 saturated carbocycles. The number of aromatic nitrogens is 2.